The van der Waals surface area contributed by atoms with Crippen LogP contribution < -0.4 is 9.80 Å². The van der Waals surface area contributed by atoms with Crippen molar-refractivity contribution in [3.63, 3.8) is 0 Å². The molecule has 1 saturated carbocycles. The average Bonchev–Trinajstić information content (AvgIpc) is 3.62. The van der Waals surface area contributed by atoms with Crippen LogP contribution in [-0.4, -0.2) is 33.3 Å². The van der Waals surface area contributed by atoms with Crippen molar-refractivity contribution in [1.29, 1.82) is 0 Å². The molecule has 0 bridgehead atoms. The molecular weight excluding hydrogens is 515 g/mol. The second-order valence-corrected chi connectivity index (χ2v) is 11.1. The molecule has 0 radical (unpaired) electrons. The average molecular weight is 552 g/mol. The lowest BCUT2D eigenvalue weighted by Gasteiger charge is -2.32. The molecule has 0 amide bonds. The Morgan fingerprint density at radius 1 is 0.975 bits per heavy atom. The highest BCUT2D eigenvalue weighted by Gasteiger charge is 2.31. The Balaban J connectivity index is 1.54. The lowest BCUT2D eigenvalue weighted by molar-refractivity contribution is -0.137. The smallest absolute Gasteiger partial charge is 0.371 e. The number of rotatable bonds is 9. The Hall–Kier alpha value is -3.61. The van der Waals surface area contributed by atoms with Gasteiger partial charge in [0.15, 0.2) is 5.69 Å². The van der Waals surface area contributed by atoms with E-state index in [4.69, 9.17) is 6.57 Å². The molecule has 0 saturated heterocycles. The third-order valence-corrected chi connectivity index (χ3v) is 8.17. The number of hydrogen-bond donors (Lipinski definition) is 0. The van der Waals surface area contributed by atoms with E-state index in [-0.39, 0.29) is 12.2 Å². The van der Waals surface area contributed by atoms with Crippen LogP contribution in [0.4, 0.5) is 30.5 Å². The van der Waals surface area contributed by atoms with Crippen LogP contribution in [0.5, 0.6) is 0 Å². The zero-order valence-electron chi connectivity index (χ0n) is 23.2. The number of fused-ring (bicyclic) bond motifs is 1. The molecule has 1 heterocycles. The van der Waals surface area contributed by atoms with E-state index in [1.807, 2.05) is 4.90 Å². The van der Waals surface area contributed by atoms with Gasteiger partial charge in [-0.25, -0.2) is 4.85 Å². The predicted octanol–water partition coefficient (Wildman–Crippen LogP) is 6.88. The number of aryl methyl sites for hydroxylation is 3. The van der Waals surface area contributed by atoms with Gasteiger partial charge in [0.2, 0.25) is 0 Å². The molecule has 0 unspecified atom stereocenters. The Labute approximate surface area is 233 Å². The molecule has 40 heavy (non-hydrogen) atoms. The van der Waals surface area contributed by atoms with Gasteiger partial charge in [-0.1, -0.05) is 30.1 Å². The number of aromatic nitrogens is 4. The molecule has 10 heteroatoms. The van der Waals surface area contributed by atoms with Crippen molar-refractivity contribution >= 4 is 17.3 Å². The maximum absolute atomic E-state index is 13.6. The van der Waals surface area contributed by atoms with E-state index in [1.165, 1.54) is 59.8 Å². The second-order valence-electron chi connectivity index (χ2n) is 11.1. The summed E-state index contributed by atoms with van der Waals surface area (Å²) in [6.45, 7) is 12.0. The Bertz CT molecular complexity index is 1370. The molecule has 2 aromatic carbocycles. The van der Waals surface area contributed by atoms with Crippen molar-refractivity contribution in [3.8, 4) is 0 Å². The van der Waals surface area contributed by atoms with Crippen molar-refractivity contribution in [2.75, 3.05) is 22.9 Å². The van der Waals surface area contributed by atoms with Gasteiger partial charge in [0.25, 0.3) is 5.95 Å². The number of anilines is 2. The van der Waals surface area contributed by atoms with Gasteiger partial charge in [-0.05, 0) is 97.0 Å². The van der Waals surface area contributed by atoms with Gasteiger partial charge < -0.3 is 9.80 Å². The minimum absolute atomic E-state index is 0.0416. The van der Waals surface area contributed by atoms with Crippen LogP contribution in [0.25, 0.3) is 4.85 Å². The van der Waals surface area contributed by atoms with Crippen LogP contribution >= 0.6 is 0 Å². The molecule has 0 atom stereocenters. The number of benzene rings is 2. The molecule has 1 aromatic heterocycles. The Morgan fingerprint density at radius 2 is 1.70 bits per heavy atom. The van der Waals surface area contributed by atoms with E-state index < -0.39 is 11.7 Å². The first-order chi connectivity index (χ1) is 19.2. The van der Waals surface area contributed by atoms with Crippen molar-refractivity contribution in [3.05, 3.63) is 69.6 Å². The maximum Gasteiger partial charge on any atom is 0.415 e. The summed E-state index contributed by atoms with van der Waals surface area (Å²) in [7, 11) is 1.67. The molecule has 5 rings (SSSR count). The monoisotopic (exact) mass is 551 g/mol. The Kier molecular flexibility index (Phi) is 8.29. The summed E-state index contributed by atoms with van der Waals surface area (Å²) in [5.41, 5.74) is 4.57. The normalized spacial score (nSPS) is 15.6. The number of alkyl halides is 3. The van der Waals surface area contributed by atoms with Crippen LogP contribution in [0, 0.1) is 12.5 Å². The highest BCUT2D eigenvalue weighted by molar-refractivity contribution is 5.60. The SMILES string of the molecule is [C-]#[N+]c1cc(CN(Cc2cc3c(cc2N(CC)CC2CCCC2)CCCC3)c2nnn(C)n2)cc(C(F)(F)F)c1. The standard InChI is InChI=1S/C30H36F3N7/c1-4-39(18-21-9-5-6-10-21)28-16-24-12-8-7-11-23(24)15-25(28)20-40(29-35-37-38(3)36-29)19-22-13-26(30(31,32)33)17-27(14-22)34-2/h13-17,21H,4-12,18-20H2,1,3H3. The summed E-state index contributed by atoms with van der Waals surface area (Å²) in [6.07, 6.45) is 4.99. The van der Waals surface area contributed by atoms with Gasteiger partial charge in [-0.15, -0.1) is 5.10 Å². The molecule has 2 aliphatic carbocycles. The first kappa shape index (κ1) is 27.9. The van der Waals surface area contributed by atoms with Crippen LogP contribution in [0.15, 0.2) is 30.3 Å². The molecule has 2 aliphatic rings. The van der Waals surface area contributed by atoms with Gasteiger partial charge in [-0.2, -0.15) is 18.0 Å². The van der Waals surface area contributed by atoms with Gasteiger partial charge in [-0.3, -0.25) is 0 Å². The van der Waals surface area contributed by atoms with E-state index in [9.17, 15) is 13.2 Å². The summed E-state index contributed by atoms with van der Waals surface area (Å²) < 4.78 is 40.9. The fourth-order valence-electron chi connectivity index (χ4n) is 6.16. The lowest BCUT2D eigenvalue weighted by Crippen LogP contribution is -2.31. The van der Waals surface area contributed by atoms with E-state index in [0.29, 0.717) is 24.0 Å². The number of nitrogens with zero attached hydrogens (tertiary/aromatic N) is 7. The van der Waals surface area contributed by atoms with Gasteiger partial charge >= 0.3 is 6.18 Å². The summed E-state index contributed by atoms with van der Waals surface area (Å²) in [5, 5.41) is 12.6. The van der Waals surface area contributed by atoms with Gasteiger partial charge in [0, 0.05) is 37.4 Å². The second kappa shape index (κ2) is 11.9. The minimum Gasteiger partial charge on any atom is -0.371 e. The fraction of sp³-hybridized carbons (Fsp3) is 0.533. The molecular formula is C30H36F3N7. The molecule has 0 N–H and O–H groups in total. The fourth-order valence-corrected chi connectivity index (χ4v) is 6.16. The van der Waals surface area contributed by atoms with Gasteiger partial charge in [0.05, 0.1) is 13.6 Å². The zero-order valence-corrected chi connectivity index (χ0v) is 23.2. The maximum atomic E-state index is 13.6. The van der Waals surface area contributed by atoms with E-state index in [0.717, 1.165) is 50.0 Å². The first-order valence-corrected chi connectivity index (χ1v) is 14.2. The number of halogens is 3. The highest BCUT2D eigenvalue weighted by atomic mass is 19.4. The third kappa shape index (κ3) is 6.40. The van der Waals surface area contributed by atoms with Crippen molar-refractivity contribution < 1.29 is 13.2 Å². The highest BCUT2D eigenvalue weighted by Crippen LogP contribution is 2.36. The number of tetrazole rings is 1. The summed E-state index contributed by atoms with van der Waals surface area (Å²) in [5.74, 6) is 1.02. The lowest BCUT2D eigenvalue weighted by atomic mass is 9.89. The van der Waals surface area contributed by atoms with Crippen molar-refractivity contribution in [2.45, 2.75) is 77.6 Å². The minimum atomic E-state index is -4.54. The summed E-state index contributed by atoms with van der Waals surface area (Å²) in [4.78, 5) is 8.99. The van der Waals surface area contributed by atoms with E-state index >= 15 is 0 Å². The van der Waals surface area contributed by atoms with Crippen molar-refractivity contribution in [1.82, 2.24) is 20.2 Å². The van der Waals surface area contributed by atoms with Gasteiger partial charge in [0.1, 0.15) is 0 Å². The Morgan fingerprint density at radius 3 is 2.33 bits per heavy atom. The zero-order chi connectivity index (χ0) is 28.3. The van der Waals surface area contributed by atoms with Crippen LogP contribution in [0.2, 0.25) is 0 Å². The number of hydrogen-bond acceptors (Lipinski definition) is 5. The largest absolute Gasteiger partial charge is 0.415 e. The molecule has 7 nitrogen and oxygen atoms in total. The molecule has 0 spiro atoms. The molecule has 0 aliphatic heterocycles. The topological polar surface area (TPSA) is 54.4 Å². The summed E-state index contributed by atoms with van der Waals surface area (Å²) in [6, 6.07) is 8.17. The van der Waals surface area contributed by atoms with Crippen LogP contribution in [0.1, 0.15) is 73.3 Å². The third-order valence-electron chi connectivity index (χ3n) is 8.17. The molecule has 1 fully saturated rings. The first-order valence-electron chi connectivity index (χ1n) is 14.2. The predicted molar refractivity (Wildman–Crippen MR) is 149 cm³/mol. The van der Waals surface area contributed by atoms with E-state index in [1.54, 1.807) is 7.05 Å². The van der Waals surface area contributed by atoms with E-state index in [2.05, 4.69) is 44.2 Å². The van der Waals surface area contributed by atoms with Crippen LogP contribution in [0.3, 0.4) is 0 Å². The molecule has 212 valence electrons. The summed E-state index contributed by atoms with van der Waals surface area (Å²) >= 11 is 0. The van der Waals surface area contributed by atoms with Crippen LogP contribution in [-0.2, 0) is 39.2 Å². The van der Waals surface area contributed by atoms with Crippen molar-refractivity contribution in [2.24, 2.45) is 13.0 Å². The molecule has 3 aromatic rings. The quantitative estimate of drug-likeness (QED) is 0.271.